The van der Waals surface area contributed by atoms with E-state index in [1.54, 1.807) is 13.0 Å². The Bertz CT molecular complexity index is 754. The fourth-order valence-electron chi connectivity index (χ4n) is 3.93. The third-order valence-electron chi connectivity index (χ3n) is 5.62. The third-order valence-corrected chi connectivity index (χ3v) is 5.62. The molecule has 2 aromatic rings. The average Bonchev–Trinajstić information content (AvgIpc) is 2.70. The lowest BCUT2D eigenvalue weighted by Crippen LogP contribution is -2.41. The number of benzene rings is 2. The summed E-state index contributed by atoms with van der Waals surface area (Å²) in [6, 6.07) is 16.2. The zero-order chi connectivity index (χ0) is 19.2. The van der Waals surface area contributed by atoms with Gasteiger partial charge in [-0.3, -0.25) is 9.69 Å². The molecule has 1 saturated heterocycles. The quantitative estimate of drug-likeness (QED) is 0.807. The molecule has 0 aromatic heterocycles. The molecule has 0 aliphatic carbocycles. The first-order valence-electron chi connectivity index (χ1n) is 9.90. The predicted octanol–water partition coefficient (Wildman–Crippen LogP) is 4.61. The Morgan fingerprint density at radius 1 is 1.19 bits per heavy atom. The van der Waals surface area contributed by atoms with Crippen LogP contribution >= 0.6 is 0 Å². The van der Waals surface area contributed by atoms with Crippen LogP contribution in [-0.2, 0) is 11.3 Å². The molecule has 1 aliphatic heterocycles. The van der Waals surface area contributed by atoms with Crippen molar-refractivity contribution in [2.75, 3.05) is 13.1 Å². The molecule has 1 unspecified atom stereocenters. The van der Waals surface area contributed by atoms with Crippen molar-refractivity contribution in [1.29, 1.82) is 0 Å². The van der Waals surface area contributed by atoms with E-state index < -0.39 is 0 Å². The van der Waals surface area contributed by atoms with Crippen LogP contribution in [-0.4, -0.2) is 23.9 Å². The van der Waals surface area contributed by atoms with Crippen LogP contribution in [0.4, 0.5) is 4.39 Å². The second-order valence-corrected chi connectivity index (χ2v) is 7.45. The minimum Gasteiger partial charge on any atom is -0.352 e. The van der Waals surface area contributed by atoms with Crippen molar-refractivity contribution >= 4 is 5.91 Å². The molecule has 0 spiro atoms. The van der Waals surface area contributed by atoms with Gasteiger partial charge in [0.2, 0.25) is 5.91 Å². The lowest BCUT2D eigenvalue weighted by atomic mass is 9.92. The lowest BCUT2D eigenvalue weighted by molar-refractivity contribution is -0.126. The summed E-state index contributed by atoms with van der Waals surface area (Å²) >= 11 is 0. The number of nitrogens with one attached hydrogen (secondary N) is 1. The van der Waals surface area contributed by atoms with E-state index in [1.807, 2.05) is 12.1 Å². The number of hydrogen-bond donors (Lipinski definition) is 1. The Kier molecular flexibility index (Phi) is 6.62. The van der Waals surface area contributed by atoms with Gasteiger partial charge in [0.1, 0.15) is 5.82 Å². The van der Waals surface area contributed by atoms with Crippen molar-refractivity contribution in [3.63, 3.8) is 0 Å². The van der Waals surface area contributed by atoms with Gasteiger partial charge in [0.15, 0.2) is 0 Å². The van der Waals surface area contributed by atoms with Crippen molar-refractivity contribution in [3.05, 3.63) is 71.0 Å². The maximum absolute atomic E-state index is 13.6. The molecule has 144 valence electrons. The van der Waals surface area contributed by atoms with Crippen LogP contribution in [0, 0.1) is 18.7 Å². The van der Waals surface area contributed by atoms with Crippen LogP contribution < -0.4 is 5.32 Å². The van der Waals surface area contributed by atoms with Crippen LogP contribution in [0.2, 0.25) is 0 Å². The van der Waals surface area contributed by atoms with Gasteiger partial charge in [0, 0.05) is 18.5 Å². The van der Waals surface area contributed by atoms with E-state index in [9.17, 15) is 9.18 Å². The molecule has 1 amide bonds. The third kappa shape index (κ3) is 4.95. The van der Waals surface area contributed by atoms with Crippen LogP contribution in [0.25, 0.3) is 0 Å². The van der Waals surface area contributed by atoms with E-state index in [4.69, 9.17) is 0 Å². The fraction of sp³-hybridized carbons (Fsp3) is 0.435. The summed E-state index contributed by atoms with van der Waals surface area (Å²) in [5.74, 6) is -0.0882. The Morgan fingerprint density at radius 2 is 1.89 bits per heavy atom. The van der Waals surface area contributed by atoms with Gasteiger partial charge in [-0.05, 0) is 62.0 Å². The maximum atomic E-state index is 13.6. The van der Waals surface area contributed by atoms with Gasteiger partial charge >= 0.3 is 0 Å². The second kappa shape index (κ2) is 9.14. The average molecular weight is 368 g/mol. The predicted molar refractivity (Wildman–Crippen MR) is 107 cm³/mol. The summed E-state index contributed by atoms with van der Waals surface area (Å²) in [5.41, 5.74) is 2.78. The van der Waals surface area contributed by atoms with Crippen molar-refractivity contribution in [1.82, 2.24) is 10.2 Å². The Balaban J connectivity index is 1.50. The molecule has 0 bridgehead atoms. The van der Waals surface area contributed by atoms with E-state index in [2.05, 4.69) is 41.4 Å². The van der Waals surface area contributed by atoms with Crippen LogP contribution in [0.15, 0.2) is 48.5 Å². The van der Waals surface area contributed by atoms with E-state index >= 15 is 0 Å². The van der Waals surface area contributed by atoms with Gasteiger partial charge in [-0.25, -0.2) is 4.39 Å². The summed E-state index contributed by atoms with van der Waals surface area (Å²) < 4.78 is 13.6. The second-order valence-electron chi connectivity index (χ2n) is 7.45. The molecule has 1 heterocycles. The number of hydrogen-bond acceptors (Lipinski definition) is 2. The smallest absolute Gasteiger partial charge is 0.223 e. The Labute approximate surface area is 161 Å². The standard InChI is InChI=1S/C23H29FN2O/c1-3-22(19-7-5-4-6-8-19)26-13-11-20(12-14-26)23(27)25-16-18-10-9-17(2)21(24)15-18/h4-10,15,20,22H,3,11-14,16H2,1-2H3,(H,25,27). The molecule has 1 atom stereocenters. The van der Waals surface area contributed by atoms with E-state index in [0.29, 0.717) is 18.2 Å². The number of carbonyl (C=O) groups is 1. The molecule has 0 saturated carbocycles. The number of piperidine rings is 1. The molecule has 2 aromatic carbocycles. The highest BCUT2D eigenvalue weighted by Crippen LogP contribution is 2.29. The molecular formula is C23H29FN2O. The SMILES string of the molecule is CCC(c1ccccc1)N1CCC(C(=O)NCc2ccc(C)c(F)c2)CC1. The van der Waals surface area contributed by atoms with Crippen LogP contribution in [0.1, 0.15) is 48.9 Å². The first-order chi connectivity index (χ1) is 13.1. The van der Waals surface area contributed by atoms with Gasteiger partial charge < -0.3 is 5.32 Å². The summed E-state index contributed by atoms with van der Waals surface area (Å²) in [6.07, 6.45) is 2.81. The monoisotopic (exact) mass is 368 g/mol. The van der Waals surface area contributed by atoms with Gasteiger partial charge in [0.25, 0.3) is 0 Å². The molecule has 3 nitrogen and oxygen atoms in total. The van der Waals surface area contributed by atoms with Gasteiger partial charge in [0.05, 0.1) is 0 Å². The van der Waals surface area contributed by atoms with E-state index in [1.165, 1.54) is 11.6 Å². The maximum Gasteiger partial charge on any atom is 0.223 e. The first-order valence-corrected chi connectivity index (χ1v) is 9.90. The zero-order valence-electron chi connectivity index (χ0n) is 16.2. The summed E-state index contributed by atoms with van der Waals surface area (Å²) in [7, 11) is 0. The molecule has 1 N–H and O–H groups in total. The van der Waals surface area contributed by atoms with Crippen molar-refractivity contribution in [3.8, 4) is 0 Å². The normalized spacial score (nSPS) is 16.9. The fourth-order valence-corrected chi connectivity index (χ4v) is 3.93. The first kappa shape index (κ1) is 19.6. The minimum absolute atomic E-state index is 0.0461. The van der Waals surface area contributed by atoms with Crippen LogP contribution in [0.5, 0.6) is 0 Å². The molecular weight excluding hydrogens is 339 g/mol. The van der Waals surface area contributed by atoms with Crippen molar-refractivity contribution < 1.29 is 9.18 Å². The highest BCUT2D eigenvalue weighted by molar-refractivity contribution is 5.78. The summed E-state index contributed by atoms with van der Waals surface area (Å²) in [4.78, 5) is 15.0. The summed E-state index contributed by atoms with van der Waals surface area (Å²) in [5, 5.41) is 2.98. The number of aryl methyl sites for hydroxylation is 1. The van der Waals surface area contributed by atoms with E-state index in [0.717, 1.165) is 37.9 Å². The number of rotatable bonds is 6. The number of halogens is 1. The topological polar surface area (TPSA) is 32.3 Å². The number of amides is 1. The van der Waals surface area contributed by atoms with Gasteiger partial charge in [-0.1, -0.05) is 49.4 Å². The van der Waals surface area contributed by atoms with Gasteiger partial charge in [-0.2, -0.15) is 0 Å². The van der Waals surface area contributed by atoms with Crippen molar-refractivity contribution in [2.24, 2.45) is 5.92 Å². The van der Waals surface area contributed by atoms with Crippen LogP contribution in [0.3, 0.4) is 0 Å². The minimum atomic E-state index is -0.221. The number of nitrogens with zero attached hydrogens (tertiary/aromatic N) is 1. The van der Waals surface area contributed by atoms with Gasteiger partial charge in [-0.15, -0.1) is 0 Å². The number of carbonyl (C=O) groups excluding carboxylic acids is 1. The lowest BCUT2D eigenvalue weighted by Gasteiger charge is -2.37. The largest absolute Gasteiger partial charge is 0.352 e. The number of likely N-dealkylation sites (tertiary alicyclic amines) is 1. The Morgan fingerprint density at radius 3 is 2.52 bits per heavy atom. The molecule has 4 heteroatoms. The Hall–Kier alpha value is -2.20. The molecule has 0 radical (unpaired) electrons. The molecule has 1 fully saturated rings. The molecule has 1 aliphatic rings. The van der Waals surface area contributed by atoms with Crippen molar-refractivity contribution in [2.45, 2.75) is 45.7 Å². The highest BCUT2D eigenvalue weighted by Gasteiger charge is 2.28. The summed E-state index contributed by atoms with van der Waals surface area (Å²) in [6.45, 7) is 6.22. The highest BCUT2D eigenvalue weighted by atomic mass is 19.1. The zero-order valence-corrected chi connectivity index (χ0v) is 16.2. The molecule has 27 heavy (non-hydrogen) atoms. The molecule has 3 rings (SSSR count). The van der Waals surface area contributed by atoms with E-state index in [-0.39, 0.29) is 17.6 Å².